The van der Waals surface area contributed by atoms with Crippen LogP contribution in [-0.2, 0) is 0 Å². The Morgan fingerprint density at radius 3 is 2.67 bits per heavy atom. The van der Waals surface area contributed by atoms with E-state index < -0.39 is 6.29 Å². The molecule has 5 heteroatoms. The maximum atomic E-state index is 12.4. The van der Waals surface area contributed by atoms with Gasteiger partial charge in [0.25, 0.3) is 0 Å². The van der Waals surface area contributed by atoms with Crippen LogP contribution in [0.4, 0.5) is 14.5 Å². The summed E-state index contributed by atoms with van der Waals surface area (Å²) in [5, 5.41) is 0. The van der Waals surface area contributed by atoms with E-state index in [4.69, 9.17) is 5.73 Å². The lowest BCUT2D eigenvalue weighted by atomic mass is 10.3. The summed E-state index contributed by atoms with van der Waals surface area (Å²) in [5.74, 6) is -0.296. The molecule has 0 bridgehead atoms. The minimum absolute atomic E-state index is 0.0903. The number of halogens is 2. The van der Waals surface area contributed by atoms with Crippen molar-refractivity contribution in [1.29, 1.82) is 0 Å². The third kappa shape index (κ3) is 0.939. The van der Waals surface area contributed by atoms with Crippen molar-refractivity contribution >= 4 is 5.69 Å². The van der Waals surface area contributed by atoms with Gasteiger partial charge in [-0.05, 0) is 6.07 Å². The Labute approximate surface area is 66.7 Å². The van der Waals surface area contributed by atoms with E-state index in [-0.39, 0.29) is 17.2 Å². The lowest BCUT2D eigenvalue weighted by Crippen LogP contribution is -2.25. The normalized spacial score (nSPS) is 17.8. The first kappa shape index (κ1) is 7.15. The number of fused-ring (bicyclic) bond motifs is 1. The third-order valence-corrected chi connectivity index (χ3v) is 1.43. The zero-order valence-electron chi connectivity index (χ0n) is 5.80. The second-order valence-electron chi connectivity index (χ2n) is 2.30. The quantitative estimate of drug-likeness (QED) is 0.603. The van der Waals surface area contributed by atoms with E-state index in [0.29, 0.717) is 0 Å². The molecule has 1 aromatic rings. The second kappa shape index (κ2) is 2.00. The second-order valence-corrected chi connectivity index (χ2v) is 2.30. The van der Waals surface area contributed by atoms with E-state index >= 15 is 0 Å². The maximum absolute atomic E-state index is 12.4. The number of nitrogens with one attached hydrogen (secondary N) is 1. The van der Waals surface area contributed by atoms with Gasteiger partial charge < -0.3 is 15.2 Å². The van der Waals surface area contributed by atoms with Crippen LogP contribution in [0.2, 0.25) is 0 Å². The Hall–Kier alpha value is -1.52. The molecule has 1 aliphatic rings. The SMILES string of the molecule is [NH-]c1cccc2c1OC(F)(F)O2. The Balaban J connectivity index is 2.48. The van der Waals surface area contributed by atoms with Crippen LogP contribution in [0, 0.1) is 0 Å². The van der Waals surface area contributed by atoms with Gasteiger partial charge in [0, 0.05) is 0 Å². The Morgan fingerprint density at radius 1 is 1.25 bits per heavy atom. The number of ether oxygens (including phenoxy) is 2. The van der Waals surface area contributed by atoms with Gasteiger partial charge in [0.1, 0.15) is 0 Å². The van der Waals surface area contributed by atoms with Crippen LogP contribution in [0.25, 0.3) is 5.73 Å². The van der Waals surface area contributed by atoms with Crippen molar-refractivity contribution in [3.05, 3.63) is 23.9 Å². The number of alkyl halides is 2. The highest BCUT2D eigenvalue weighted by atomic mass is 19.3. The van der Waals surface area contributed by atoms with Gasteiger partial charge in [-0.1, -0.05) is 17.8 Å². The van der Waals surface area contributed by atoms with Gasteiger partial charge in [-0.15, -0.1) is 8.78 Å². The van der Waals surface area contributed by atoms with Crippen molar-refractivity contribution in [2.24, 2.45) is 0 Å². The summed E-state index contributed by atoms with van der Waals surface area (Å²) in [6.07, 6.45) is -3.63. The minimum Gasteiger partial charge on any atom is -0.696 e. The van der Waals surface area contributed by atoms with Crippen molar-refractivity contribution in [2.45, 2.75) is 6.29 Å². The molecule has 0 aromatic heterocycles. The summed E-state index contributed by atoms with van der Waals surface area (Å²) < 4.78 is 33.0. The van der Waals surface area contributed by atoms with Crippen LogP contribution in [0.1, 0.15) is 0 Å². The minimum atomic E-state index is -3.63. The van der Waals surface area contributed by atoms with Gasteiger partial charge in [-0.2, -0.15) is 0 Å². The summed E-state index contributed by atoms with van der Waals surface area (Å²) in [6, 6.07) is 4.13. The molecule has 2 rings (SSSR count). The molecule has 3 nitrogen and oxygen atoms in total. The Kier molecular flexibility index (Phi) is 1.19. The molecule has 12 heavy (non-hydrogen) atoms. The Morgan fingerprint density at radius 2 is 2.00 bits per heavy atom. The lowest BCUT2D eigenvalue weighted by Gasteiger charge is -2.07. The molecule has 0 amide bonds. The van der Waals surface area contributed by atoms with Crippen molar-refractivity contribution in [2.75, 3.05) is 0 Å². The Bertz CT molecular complexity index is 327. The summed E-state index contributed by atoms with van der Waals surface area (Å²) in [4.78, 5) is 0. The van der Waals surface area contributed by atoms with Crippen LogP contribution < -0.4 is 9.47 Å². The molecule has 64 valence electrons. The highest BCUT2D eigenvalue weighted by molar-refractivity contribution is 5.64. The highest BCUT2D eigenvalue weighted by Gasteiger charge is 2.43. The molecule has 0 fully saturated rings. The number of hydrogen-bond donors (Lipinski definition) is 0. The number of benzene rings is 1. The molecule has 0 saturated heterocycles. The van der Waals surface area contributed by atoms with E-state index in [1.165, 1.54) is 18.2 Å². The van der Waals surface area contributed by atoms with E-state index in [2.05, 4.69) is 9.47 Å². The van der Waals surface area contributed by atoms with Gasteiger partial charge in [0.15, 0.2) is 11.5 Å². The van der Waals surface area contributed by atoms with Crippen molar-refractivity contribution in [3.8, 4) is 11.5 Å². The molecular formula is C7H4F2NO2-. The van der Waals surface area contributed by atoms with Crippen LogP contribution in [-0.4, -0.2) is 6.29 Å². The fourth-order valence-corrected chi connectivity index (χ4v) is 0.969. The molecule has 0 radical (unpaired) electrons. The van der Waals surface area contributed by atoms with Gasteiger partial charge in [0.05, 0.1) is 0 Å². The summed E-state index contributed by atoms with van der Waals surface area (Å²) in [5.41, 5.74) is 7.08. The van der Waals surface area contributed by atoms with Crippen LogP contribution >= 0.6 is 0 Å². The average Bonchev–Trinajstić information content (AvgIpc) is 2.25. The number of para-hydroxylation sites is 1. The summed E-state index contributed by atoms with van der Waals surface area (Å²) >= 11 is 0. The van der Waals surface area contributed by atoms with E-state index in [0.717, 1.165) is 0 Å². The first-order valence-electron chi connectivity index (χ1n) is 3.19. The summed E-state index contributed by atoms with van der Waals surface area (Å²) in [7, 11) is 0. The van der Waals surface area contributed by atoms with Gasteiger partial charge >= 0.3 is 6.29 Å². The van der Waals surface area contributed by atoms with E-state index in [9.17, 15) is 8.78 Å². The molecule has 0 saturated carbocycles. The van der Waals surface area contributed by atoms with Gasteiger partial charge in [0.2, 0.25) is 0 Å². The van der Waals surface area contributed by atoms with E-state index in [1.54, 1.807) is 0 Å². The zero-order chi connectivity index (χ0) is 8.77. The van der Waals surface area contributed by atoms with E-state index in [1.807, 2.05) is 0 Å². The molecular weight excluding hydrogens is 168 g/mol. The lowest BCUT2D eigenvalue weighted by molar-refractivity contribution is -0.286. The smallest absolute Gasteiger partial charge is 0.586 e. The molecule has 0 atom stereocenters. The fourth-order valence-electron chi connectivity index (χ4n) is 0.969. The fraction of sp³-hybridized carbons (Fsp3) is 0.143. The monoisotopic (exact) mass is 172 g/mol. The first-order valence-corrected chi connectivity index (χ1v) is 3.19. The molecule has 0 aliphatic carbocycles. The third-order valence-electron chi connectivity index (χ3n) is 1.43. The predicted octanol–water partition coefficient (Wildman–Crippen LogP) is 2.69. The molecule has 0 spiro atoms. The van der Waals surface area contributed by atoms with Crippen molar-refractivity contribution < 1.29 is 18.3 Å². The molecule has 1 N–H and O–H groups in total. The number of rotatable bonds is 0. The zero-order valence-corrected chi connectivity index (χ0v) is 5.80. The van der Waals surface area contributed by atoms with Gasteiger partial charge in [-0.3, -0.25) is 0 Å². The maximum Gasteiger partial charge on any atom is 0.586 e. The van der Waals surface area contributed by atoms with Crippen molar-refractivity contribution in [1.82, 2.24) is 0 Å². The molecule has 1 aliphatic heterocycles. The van der Waals surface area contributed by atoms with Gasteiger partial charge in [-0.25, -0.2) is 0 Å². The number of hydrogen-bond acceptors (Lipinski definition) is 2. The first-order chi connectivity index (χ1) is 5.58. The molecule has 0 unspecified atom stereocenters. The highest BCUT2D eigenvalue weighted by Crippen LogP contribution is 2.46. The standard InChI is InChI=1S/C7H4F2NO2/c8-7(9)11-5-3-1-2-4(10)6(5)12-7/h1-3,10H/q-1. The molecule has 1 aromatic carbocycles. The largest absolute Gasteiger partial charge is 0.696 e. The van der Waals surface area contributed by atoms with Crippen LogP contribution in [0.5, 0.6) is 11.5 Å². The van der Waals surface area contributed by atoms with Crippen LogP contribution in [0.15, 0.2) is 18.2 Å². The predicted molar refractivity (Wildman–Crippen MR) is 36.6 cm³/mol. The van der Waals surface area contributed by atoms with Crippen molar-refractivity contribution in [3.63, 3.8) is 0 Å². The summed E-state index contributed by atoms with van der Waals surface area (Å²) in [6.45, 7) is 0. The average molecular weight is 172 g/mol. The van der Waals surface area contributed by atoms with Crippen LogP contribution in [0.3, 0.4) is 0 Å². The molecule has 1 heterocycles. The topological polar surface area (TPSA) is 42.3 Å².